The van der Waals surface area contributed by atoms with E-state index in [2.05, 4.69) is 10.6 Å². The zero-order chi connectivity index (χ0) is 22.2. The molecule has 4 atom stereocenters. The van der Waals surface area contributed by atoms with Gasteiger partial charge >= 0.3 is 0 Å². The van der Waals surface area contributed by atoms with Gasteiger partial charge in [-0.25, -0.2) is 4.39 Å². The van der Waals surface area contributed by atoms with Gasteiger partial charge in [0.25, 0.3) is 5.91 Å². The van der Waals surface area contributed by atoms with E-state index in [-0.39, 0.29) is 43.3 Å². The number of benzene rings is 1. The quantitative estimate of drug-likeness (QED) is 0.658. The molecular formula is C23H28FN3O5. The third-order valence-electron chi connectivity index (χ3n) is 6.97. The Morgan fingerprint density at radius 2 is 2.03 bits per heavy atom. The Morgan fingerprint density at radius 1 is 1.16 bits per heavy atom. The fourth-order valence-electron chi connectivity index (χ4n) is 5.23. The molecule has 0 spiro atoms. The van der Waals surface area contributed by atoms with E-state index in [0.29, 0.717) is 42.4 Å². The minimum Gasteiger partial charge on any atom is -0.380 e. The first-order valence-electron chi connectivity index (χ1n) is 11.4. The normalized spacial score (nSPS) is 30.5. The molecule has 172 valence electrons. The fourth-order valence-corrected chi connectivity index (χ4v) is 5.23. The molecule has 2 N–H and O–H groups in total. The molecule has 4 heterocycles. The molecule has 9 heteroatoms. The maximum absolute atomic E-state index is 15.5. The first kappa shape index (κ1) is 21.5. The molecule has 1 aromatic carbocycles. The van der Waals surface area contributed by atoms with E-state index in [1.807, 2.05) is 0 Å². The average Bonchev–Trinajstić information content (AvgIpc) is 3.40. The molecule has 4 aliphatic heterocycles. The van der Waals surface area contributed by atoms with Gasteiger partial charge in [-0.05, 0) is 37.3 Å². The van der Waals surface area contributed by atoms with Gasteiger partial charge in [-0.15, -0.1) is 0 Å². The third kappa shape index (κ3) is 4.04. The van der Waals surface area contributed by atoms with Gasteiger partial charge in [0.1, 0.15) is 11.9 Å². The predicted molar refractivity (Wildman–Crippen MR) is 111 cm³/mol. The van der Waals surface area contributed by atoms with Crippen LogP contribution in [-0.2, 0) is 32.0 Å². The predicted octanol–water partition coefficient (Wildman–Crippen LogP) is 1.06. The second kappa shape index (κ2) is 8.88. The van der Waals surface area contributed by atoms with Gasteiger partial charge in [-0.3, -0.25) is 19.7 Å². The van der Waals surface area contributed by atoms with E-state index in [1.54, 1.807) is 12.1 Å². The summed E-state index contributed by atoms with van der Waals surface area (Å²) in [5.74, 6) is -1.61. The maximum atomic E-state index is 15.5. The van der Waals surface area contributed by atoms with Crippen molar-refractivity contribution >= 4 is 17.7 Å². The largest absolute Gasteiger partial charge is 0.380 e. The van der Waals surface area contributed by atoms with Crippen LogP contribution in [0.5, 0.6) is 0 Å². The number of hydrogen-bond acceptors (Lipinski definition) is 6. The van der Waals surface area contributed by atoms with Gasteiger partial charge < -0.3 is 19.7 Å². The Bertz CT molecular complexity index is 932. The van der Waals surface area contributed by atoms with Crippen molar-refractivity contribution in [1.29, 1.82) is 0 Å². The van der Waals surface area contributed by atoms with Crippen molar-refractivity contribution in [3.05, 3.63) is 34.6 Å². The standard InChI is InChI=1S/C23H28FN3O5/c24-21-13(10-19-17(2-1-8-32-19)25-14-7-9-31-12-14)3-4-15-16(21)11-27(23(15)30)18-5-6-20(28)26-22(18)29/h3-4,14,17-19,25H,1-2,5-12H2,(H,26,28,29)/t14-,17-,18?,19+/m0/s1. The Kier molecular flexibility index (Phi) is 5.96. The van der Waals surface area contributed by atoms with Gasteiger partial charge in [-0.1, -0.05) is 6.07 Å². The molecule has 32 heavy (non-hydrogen) atoms. The van der Waals surface area contributed by atoms with Gasteiger partial charge in [0.15, 0.2) is 0 Å². The molecule has 5 rings (SSSR count). The lowest BCUT2D eigenvalue weighted by atomic mass is 9.93. The van der Waals surface area contributed by atoms with Crippen LogP contribution in [0.25, 0.3) is 0 Å². The molecule has 3 amide bonds. The maximum Gasteiger partial charge on any atom is 0.255 e. The summed E-state index contributed by atoms with van der Waals surface area (Å²) in [6, 6.07) is 2.99. The van der Waals surface area contributed by atoms with Crippen molar-refractivity contribution in [2.75, 3.05) is 19.8 Å². The topological polar surface area (TPSA) is 97.0 Å². The molecular weight excluding hydrogens is 417 g/mol. The second-order valence-electron chi connectivity index (χ2n) is 9.05. The van der Waals surface area contributed by atoms with E-state index in [0.717, 1.165) is 25.9 Å². The Balaban J connectivity index is 1.32. The molecule has 4 aliphatic rings. The van der Waals surface area contributed by atoms with Crippen LogP contribution in [-0.4, -0.2) is 66.7 Å². The number of carbonyl (C=O) groups excluding carboxylic acids is 3. The highest BCUT2D eigenvalue weighted by atomic mass is 19.1. The van der Waals surface area contributed by atoms with Gasteiger partial charge in [0.2, 0.25) is 11.8 Å². The zero-order valence-electron chi connectivity index (χ0n) is 17.9. The number of halogens is 1. The van der Waals surface area contributed by atoms with Crippen molar-refractivity contribution in [3.63, 3.8) is 0 Å². The Hall–Kier alpha value is -2.36. The molecule has 0 aliphatic carbocycles. The summed E-state index contributed by atoms with van der Waals surface area (Å²) >= 11 is 0. The minimum absolute atomic E-state index is 0.0345. The van der Waals surface area contributed by atoms with Crippen LogP contribution in [0.1, 0.15) is 53.6 Å². The van der Waals surface area contributed by atoms with Crippen LogP contribution in [0.2, 0.25) is 0 Å². The number of nitrogens with one attached hydrogen (secondary N) is 2. The summed E-state index contributed by atoms with van der Waals surface area (Å²) < 4.78 is 27.0. The van der Waals surface area contributed by atoms with Crippen molar-refractivity contribution in [2.24, 2.45) is 0 Å². The summed E-state index contributed by atoms with van der Waals surface area (Å²) in [5.41, 5.74) is 1.13. The number of fused-ring (bicyclic) bond motifs is 1. The lowest BCUT2D eigenvalue weighted by Crippen LogP contribution is -2.52. The summed E-state index contributed by atoms with van der Waals surface area (Å²) in [6.45, 7) is 2.13. The number of rotatable bonds is 5. The number of ether oxygens (including phenoxy) is 2. The average molecular weight is 445 g/mol. The Morgan fingerprint density at radius 3 is 2.81 bits per heavy atom. The summed E-state index contributed by atoms with van der Waals surface area (Å²) in [4.78, 5) is 37.9. The number of nitrogens with zero attached hydrogens (tertiary/aromatic N) is 1. The molecule has 1 aromatic rings. The third-order valence-corrected chi connectivity index (χ3v) is 6.97. The van der Waals surface area contributed by atoms with E-state index in [4.69, 9.17) is 9.47 Å². The van der Waals surface area contributed by atoms with E-state index in [1.165, 1.54) is 4.90 Å². The van der Waals surface area contributed by atoms with Crippen LogP contribution in [0, 0.1) is 5.82 Å². The van der Waals surface area contributed by atoms with E-state index < -0.39 is 17.8 Å². The van der Waals surface area contributed by atoms with Gasteiger partial charge in [-0.2, -0.15) is 0 Å². The van der Waals surface area contributed by atoms with Crippen molar-refractivity contribution in [3.8, 4) is 0 Å². The zero-order valence-corrected chi connectivity index (χ0v) is 17.9. The number of imide groups is 1. The fraction of sp³-hybridized carbons (Fsp3) is 0.609. The van der Waals surface area contributed by atoms with Crippen LogP contribution in [0.3, 0.4) is 0 Å². The molecule has 0 bridgehead atoms. The molecule has 8 nitrogen and oxygen atoms in total. The highest BCUT2D eigenvalue weighted by Crippen LogP contribution is 2.32. The van der Waals surface area contributed by atoms with Crippen molar-refractivity contribution < 1.29 is 28.2 Å². The highest BCUT2D eigenvalue weighted by molar-refractivity contribution is 6.05. The van der Waals surface area contributed by atoms with Gasteiger partial charge in [0.05, 0.1) is 19.3 Å². The molecule has 0 radical (unpaired) electrons. The lowest BCUT2D eigenvalue weighted by molar-refractivity contribution is -0.136. The van der Waals surface area contributed by atoms with E-state index >= 15 is 4.39 Å². The highest BCUT2D eigenvalue weighted by Gasteiger charge is 2.41. The smallest absolute Gasteiger partial charge is 0.255 e. The monoisotopic (exact) mass is 445 g/mol. The second-order valence-corrected chi connectivity index (χ2v) is 9.05. The summed E-state index contributed by atoms with van der Waals surface area (Å²) in [6.07, 6.45) is 3.59. The van der Waals surface area contributed by atoms with Crippen molar-refractivity contribution in [1.82, 2.24) is 15.5 Å². The lowest BCUT2D eigenvalue weighted by Gasteiger charge is -2.34. The number of piperidine rings is 1. The SMILES string of the molecule is O=C1CCC(N2Cc3c(ccc(C[C@H]4OCCC[C@@H]4N[C@H]4CCOC4)c3F)C2=O)C(=O)N1. The molecule has 0 aromatic heterocycles. The molecule has 1 unspecified atom stereocenters. The summed E-state index contributed by atoms with van der Waals surface area (Å²) in [7, 11) is 0. The first-order chi connectivity index (χ1) is 15.5. The first-order valence-corrected chi connectivity index (χ1v) is 11.4. The minimum atomic E-state index is -0.751. The van der Waals surface area contributed by atoms with Crippen LogP contribution in [0.15, 0.2) is 12.1 Å². The van der Waals surface area contributed by atoms with Crippen LogP contribution < -0.4 is 10.6 Å². The molecule has 3 fully saturated rings. The van der Waals surface area contributed by atoms with Gasteiger partial charge in [0, 0.05) is 49.3 Å². The summed E-state index contributed by atoms with van der Waals surface area (Å²) in [5, 5.41) is 5.89. The molecule has 0 saturated carbocycles. The Labute approximate surface area is 185 Å². The van der Waals surface area contributed by atoms with Crippen LogP contribution >= 0.6 is 0 Å². The van der Waals surface area contributed by atoms with Crippen LogP contribution in [0.4, 0.5) is 4.39 Å². The molecule has 3 saturated heterocycles. The number of hydrogen-bond donors (Lipinski definition) is 2. The number of carbonyl (C=O) groups is 3. The van der Waals surface area contributed by atoms with E-state index in [9.17, 15) is 14.4 Å². The number of amides is 3. The van der Waals surface area contributed by atoms with Crippen molar-refractivity contribution in [2.45, 2.75) is 69.3 Å².